The van der Waals surface area contributed by atoms with E-state index in [2.05, 4.69) is 5.32 Å². The molecule has 19 heavy (non-hydrogen) atoms. The SMILES string of the molecule is O=C(NCc1cccc(Cl)c1)c1cc(F)ccc1O. The topological polar surface area (TPSA) is 49.3 Å². The summed E-state index contributed by atoms with van der Waals surface area (Å²) in [5, 5.41) is 12.7. The highest BCUT2D eigenvalue weighted by atomic mass is 35.5. The van der Waals surface area contributed by atoms with E-state index in [0.29, 0.717) is 5.02 Å². The zero-order valence-electron chi connectivity index (χ0n) is 9.86. The molecule has 0 saturated heterocycles. The third-order valence-electron chi connectivity index (χ3n) is 2.55. The molecule has 2 N–H and O–H groups in total. The summed E-state index contributed by atoms with van der Waals surface area (Å²) in [6, 6.07) is 10.2. The van der Waals surface area contributed by atoms with Crippen molar-refractivity contribution in [1.29, 1.82) is 0 Å². The van der Waals surface area contributed by atoms with Crippen LogP contribution in [0, 0.1) is 5.82 Å². The Morgan fingerprint density at radius 3 is 2.79 bits per heavy atom. The van der Waals surface area contributed by atoms with Gasteiger partial charge < -0.3 is 10.4 Å². The molecule has 0 heterocycles. The maximum Gasteiger partial charge on any atom is 0.255 e. The average Bonchev–Trinajstić information content (AvgIpc) is 2.39. The van der Waals surface area contributed by atoms with Crippen LogP contribution < -0.4 is 5.32 Å². The molecule has 0 unspecified atom stereocenters. The first-order chi connectivity index (χ1) is 9.06. The third-order valence-corrected chi connectivity index (χ3v) is 2.78. The predicted molar refractivity (Wildman–Crippen MR) is 70.7 cm³/mol. The number of phenols is 1. The molecule has 0 bridgehead atoms. The van der Waals surface area contributed by atoms with Gasteiger partial charge in [-0.3, -0.25) is 4.79 Å². The largest absolute Gasteiger partial charge is 0.507 e. The molecule has 0 aliphatic heterocycles. The van der Waals surface area contributed by atoms with Crippen LogP contribution in [0.5, 0.6) is 5.75 Å². The van der Waals surface area contributed by atoms with E-state index in [4.69, 9.17) is 11.6 Å². The van der Waals surface area contributed by atoms with Crippen molar-refractivity contribution in [3.8, 4) is 5.75 Å². The zero-order valence-corrected chi connectivity index (χ0v) is 10.6. The fraction of sp³-hybridized carbons (Fsp3) is 0.0714. The molecule has 0 atom stereocenters. The number of phenolic OH excluding ortho intramolecular Hbond substituents is 1. The second-order valence-corrected chi connectivity index (χ2v) is 4.41. The molecule has 3 nitrogen and oxygen atoms in total. The van der Waals surface area contributed by atoms with E-state index in [1.54, 1.807) is 24.3 Å². The Labute approximate surface area is 114 Å². The molecule has 2 aromatic rings. The molecule has 0 aromatic heterocycles. The van der Waals surface area contributed by atoms with Crippen LogP contribution in [0.1, 0.15) is 15.9 Å². The van der Waals surface area contributed by atoms with Crippen LogP contribution in [0.2, 0.25) is 5.02 Å². The van der Waals surface area contributed by atoms with Gasteiger partial charge in [0.1, 0.15) is 11.6 Å². The highest BCUT2D eigenvalue weighted by Gasteiger charge is 2.11. The van der Waals surface area contributed by atoms with E-state index in [1.807, 2.05) is 0 Å². The Hall–Kier alpha value is -2.07. The standard InChI is InChI=1S/C14H11ClFNO2/c15-10-3-1-2-9(6-10)8-17-14(19)12-7-11(16)4-5-13(12)18/h1-7,18H,8H2,(H,17,19). The molecule has 98 valence electrons. The molecule has 0 radical (unpaired) electrons. The smallest absolute Gasteiger partial charge is 0.255 e. The number of aromatic hydroxyl groups is 1. The summed E-state index contributed by atoms with van der Waals surface area (Å²) >= 11 is 5.82. The normalized spacial score (nSPS) is 10.2. The van der Waals surface area contributed by atoms with Crippen LogP contribution in [-0.4, -0.2) is 11.0 Å². The van der Waals surface area contributed by atoms with Gasteiger partial charge in [-0.25, -0.2) is 4.39 Å². The number of halogens is 2. The van der Waals surface area contributed by atoms with E-state index in [9.17, 15) is 14.3 Å². The van der Waals surface area contributed by atoms with Crippen LogP contribution in [0.25, 0.3) is 0 Å². The molecule has 2 aromatic carbocycles. The van der Waals surface area contributed by atoms with Gasteiger partial charge in [0, 0.05) is 11.6 Å². The predicted octanol–water partition coefficient (Wildman–Crippen LogP) is 3.11. The van der Waals surface area contributed by atoms with Crippen LogP contribution >= 0.6 is 11.6 Å². The lowest BCUT2D eigenvalue weighted by Gasteiger charge is -2.07. The lowest BCUT2D eigenvalue weighted by atomic mass is 10.1. The van der Waals surface area contributed by atoms with Crippen molar-refractivity contribution in [3.63, 3.8) is 0 Å². The molecule has 5 heteroatoms. The molecular weight excluding hydrogens is 269 g/mol. The number of amides is 1. The van der Waals surface area contributed by atoms with E-state index < -0.39 is 11.7 Å². The van der Waals surface area contributed by atoms with Crippen molar-refractivity contribution in [3.05, 3.63) is 64.4 Å². The van der Waals surface area contributed by atoms with E-state index >= 15 is 0 Å². The molecule has 0 fully saturated rings. The van der Waals surface area contributed by atoms with Gasteiger partial charge in [-0.15, -0.1) is 0 Å². The van der Waals surface area contributed by atoms with Crippen molar-refractivity contribution in [2.45, 2.75) is 6.54 Å². The maximum absolute atomic E-state index is 13.0. The Balaban J connectivity index is 2.07. The summed E-state index contributed by atoms with van der Waals surface area (Å²) in [5.41, 5.74) is 0.721. The number of nitrogens with one attached hydrogen (secondary N) is 1. The van der Waals surface area contributed by atoms with Gasteiger partial charge >= 0.3 is 0 Å². The van der Waals surface area contributed by atoms with Crippen molar-refractivity contribution in [1.82, 2.24) is 5.32 Å². The van der Waals surface area contributed by atoms with Crippen LogP contribution in [0.4, 0.5) is 4.39 Å². The number of hydrogen-bond acceptors (Lipinski definition) is 2. The molecule has 0 spiro atoms. The maximum atomic E-state index is 13.0. The molecule has 0 aliphatic rings. The summed E-state index contributed by atoms with van der Waals surface area (Å²) in [6.45, 7) is 0.245. The van der Waals surface area contributed by atoms with Crippen molar-refractivity contribution < 1.29 is 14.3 Å². The molecule has 2 rings (SSSR count). The van der Waals surface area contributed by atoms with Crippen LogP contribution in [0.15, 0.2) is 42.5 Å². The first-order valence-corrected chi connectivity index (χ1v) is 5.95. The Morgan fingerprint density at radius 2 is 2.05 bits per heavy atom. The van der Waals surface area contributed by atoms with Crippen molar-refractivity contribution in [2.75, 3.05) is 0 Å². The first-order valence-electron chi connectivity index (χ1n) is 5.57. The minimum Gasteiger partial charge on any atom is -0.507 e. The van der Waals surface area contributed by atoms with Crippen LogP contribution in [0.3, 0.4) is 0 Å². The van der Waals surface area contributed by atoms with E-state index in [-0.39, 0.29) is 17.9 Å². The zero-order chi connectivity index (χ0) is 13.8. The second-order valence-electron chi connectivity index (χ2n) is 3.97. The second kappa shape index (κ2) is 5.71. The number of rotatable bonds is 3. The van der Waals surface area contributed by atoms with Gasteiger partial charge in [-0.1, -0.05) is 23.7 Å². The molecule has 0 aliphatic carbocycles. The highest BCUT2D eigenvalue weighted by molar-refractivity contribution is 6.30. The summed E-state index contributed by atoms with van der Waals surface area (Å²) in [6.07, 6.45) is 0. The third kappa shape index (κ3) is 3.45. The van der Waals surface area contributed by atoms with Gasteiger partial charge in [-0.05, 0) is 35.9 Å². The molecule has 0 saturated carbocycles. The summed E-state index contributed by atoms with van der Waals surface area (Å²) in [4.78, 5) is 11.8. The number of carbonyl (C=O) groups excluding carboxylic acids is 1. The summed E-state index contributed by atoms with van der Waals surface area (Å²) in [5.74, 6) is -1.38. The van der Waals surface area contributed by atoms with Crippen molar-refractivity contribution in [2.24, 2.45) is 0 Å². The first kappa shape index (κ1) is 13.4. The van der Waals surface area contributed by atoms with Gasteiger partial charge in [0.25, 0.3) is 5.91 Å². The Kier molecular flexibility index (Phi) is 4.02. The van der Waals surface area contributed by atoms with E-state index in [1.165, 1.54) is 0 Å². The number of benzene rings is 2. The fourth-order valence-electron chi connectivity index (χ4n) is 1.61. The van der Waals surface area contributed by atoms with Crippen LogP contribution in [-0.2, 0) is 6.54 Å². The Bertz CT molecular complexity index is 616. The summed E-state index contributed by atoms with van der Waals surface area (Å²) < 4.78 is 13.0. The van der Waals surface area contributed by atoms with Gasteiger partial charge in [-0.2, -0.15) is 0 Å². The van der Waals surface area contributed by atoms with Crippen molar-refractivity contribution >= 4 is 17.5 Å². The minimum atomic E-state index is -0.578. The number of hydrogen-bond donors (Lipinski definition) is 2. The van der Waals surface area contributed by atoms with Gasteiger partial charge in [0.2, 0.25) is 0 Å². The lowest BCUT2D eigenvalue weighted by Crippen LogP contribution is -2.23. The minimum absolute atomic E-state index is 0.0953. The molecular formula is C14H11ClFNO2. The molecule has 1 amide bonds. The monoisotopic (exact) mass is 279 g/mol. The van der Waals surface area contributed by atoms with Gasteiger partial charge in [0.15, 0.2) is 0 Å². The Morgan fingerprint density at radius 1 is 1.26 bits per heavy atom. The quantitative estimate of drug-likeness (QED) is 0.907. The highest BCUT2D eigenvalue weighted by Crippen LogP contribution is 2.18. The fourth-order valence-corrected chi connectivity index (χ4v) is 1.83. The van der Waals surface area contributed by atoms with Gasteiger partial charge in [0.05, 0.1) is 5.56 Å². The summed E-state index contributed by atoms with van der Waals surface area (Å²) in [7, 11) is 0. The number of carbonyl (C=O) groups is 1. The lowest BCUT2D eigenvalue weighted by molar-refractivity contribution is 0.0947. The average molecular weight is 280 g/mol. The van der Waals surface area contributed by atoms with E-state index in [0.717, 1.165) is 23.8 Å².